The average molecular weight is 301 g/mol. The molecule has 0 saturated carbocycles. The van der Waals surface area contributed by atoms with Crippen molar-refractivity contribution in [3.63, 3.8) is 0 Å². The molecule has 6 heteroatoms. The van der Waals surface area contributed by atoms with Gasteiger partial charge in [0.05, 0.1) is 5.54 Å². The van der Waals surface area contributed by atoms with E-state index in [2.05, 4.69) is 15.2 Å². The van der Waals surface area contributed by atoms with Crippen molar-refractivity contribution in [2.45, 2.75) is 38.8 Å². The molecular formula is C14H25ClN4O. The quantitative estimate of drug-likeness (QED) is 0.843. The molecule has 1 aromatic heterocycles. The van der Waals surface area contributed by atoms with Crippen molar-refractivity contribution in [1.29, 1.82) is 0 Å². The van der Waals surface area contributed by atoms with Gasteiger partial charge in [-0.2, -0.15) is 0 Å². The number of halogens is 1. The van der Waals surface area contributed by atoms with Gasteiger partial charge in [-0.15, -0.1) is 12.4 Å². The Hall–Kier alpha value is -1.17. The Morgan fingerprint density at radius 1 is 1.50 bits per heavy atom. The van der Waals surface area contributed by atoms with Crippen LogP contribution in [0.25, 0.3) is 0 Å². The summed E-state index contributed by atoms with van der Waals surface area (Å²) in [6.07, 6.45) is 3.22. The molecule has 1 aromatic rings. The fourth-order valence-electron chi connectivity index (χ4n) is 1.90. The SMILES string of the molecule is CCCC(C)(N)C(=O)Nc1cc(CN(C)C)ccn1.Cl. The number of anilines is 1. The lowest BCUT2D eigenvalue weighted by Gasteiger charge is -2.22. The molecule has 0 fully saturated rings. The van der Waals surface area contributed by atoms with Crippen molar-refractivity contribution < 1.29 is 4.79 Å². The number of pyridine rings is 1. The molecule has 1 heterocycles. The summed E-state index contributed by atoms with van der Waals surface area (Å²) < 4.78 is 0. The Bertz CT molecular complexity index is 435. The topological polar surface area (TPSA) is 71.2 Å². The molecule has 5 nitrogen and oxygen atoms in total. The van der Waals surface area contributed by atoms with Crippen molar-refractivity contribution in [2.75, 3.05) is 19.4 Å². The summed E-state index contributed by atoms with van der Waals surface area (Å²) in [5.41, 5.74) is 6.24. The van der Waals surface area contributed by atoms with Crippen LogP contribution in [0.3, 0.4) is 0 Å². The van der Waals surface area contributed by atoms with E-state index < -0.39 is 5.54 Å². The number of carbonyl (C=O) groups is 1. The third-order valence-corrected chi connectivity index (χ3v) is 2.85. The summed E-state index contributed by atoms with van der Waals surface area (Å²) >= 11 is 0. The van der Waals surface area contributed by atoms with Crippen LogP contribution in [0.1, 0.15) is 32.3 Å². The number of nitrogens with two attached hydrogens (primary N) is 1. The van der Waals surface area contributed by atoms with E-state index in [-0.39, 0.29) is 18.3 Å². The third-order valence-electron chi connectivity index (χ3n) is 2.85. The van der Waals surface area contributed by atoms with Crippen LogP contribution in [0.4, 0.5) is 5.82 Å². The molecule has 0 bridgehead atoms. The van der Waals surface area contributed by atoms with Gasteiger partial charge in [-0.25, -0.2) is 4.98 Å². The number of amides is 1. The second-order valence-corrected chi connectivity index (χ2v) is 5.41. The highest BCUT2D eigenvalue weighted by molar-refractivity contribution is 5.96. The van der Waals surface area contributed by atoms with Gasteiger partial charge < -0.3 is 16.0 Å². The molecule has 0 aliphatic carbocycles. The lowest BCUT2D eigenvalue weighted by atomic mass is 9.96. The van der Waals surface area contributed by atoms with Crippen molar-refractivity contribution in [3.8, 4) is 0 Å². The van der Waals surface area contributed by atoms with Crippen molar-refractivity contribution in [1.82, 2.24) is 9.88 Å². The standard InChI is InChI=1S/C14H24N4O.ClH/c1-5-7-14(2,15)13(19)17-12-9-11(6-8-16-12)10-18(3)4;/h6,8-9H,5,7,10,15H2,1-4H3,(H,16,17,19);1H. The molecule has 114 valence electrons. The number of hydrogen-bond donors (Lipinski definition) is 2. The number of aromatic nitrogens is 1. The van der Waals surface area contributed by atoms with Gasteiger partial charge >= 0.3 is 0 Å². The minimum Gasteiger partial charge on any atom is -0.318 e. The monoisotopic (exact) mass is 300 g/mol. The van der Waals surface area contributed by atoms with Gasteiger partial charge in [-0.1, -0.05) is 13.3 Å². The molecule has 0 aliphatic rings. The fourth-order valence-corrected chi connectivity index (χ4v) is 1.90. The Morgan fingerprint density at radius 2 is 2.15 bits per heavy atom. The molecule has 0 aliphatic heterocycles. The van der Waals surface area contributed by atoms with Crippen LogP contribution in [0.5, 0.6) is 0 Å². The van der Waals surface area contributed by atoms with Crippen molar-refractivity contribution >= 4 is 24.1 Å². The van der Waals surface area contributed by atoms with E-state index in [9.17, 15) is 4.79 Å². The molecule has 0 saturated heterocycles. The van der Waals surface area contributed by atoms with Crippen molar-refractivity contribution in [2.24, 2.45) is 5.73 Å². The maximum atomic E-state index is 12.1. The number of nitrogens with zero attached hydrogens (tertiary/aromatic N) is 2. The predicted octanol–water partition coefficient (Wildman–Crippen LogP) is 2.02. The smallest absolute Gasteiger partial charge is 0.245 e. The third kappa shape index (κ3) is 5.86. The molecule has 0 spiro atoms. The zero-order valence-electron chi connectivity index (χ0n) is 12.6. The van der Waals surface area contributed by atoms with Crippen LogP contribution >= 0.6 is 12.4 Å². The largest absolute Gasteiger partial charge is 0.318 e. The van der Waals surface area contributed by atoms with E-state index in [0.29, 0.717) is 12.2 Å². The molecule has 1 rings (SSSR count). The van der Waals surface area contributed by atoms with E-state index in [0.717, 1.165) is 18.5 Å². The first-order valence-corrected chi connectivity index (χ1v) is 6.55. The summed E-state index contributed by atoms with van der Waals surface area (Å²) in [7, 11) is 3.99. The molecule has 1 atom stereocenters. The van der Waals surface area contributed by atoms with E-state index in [1.807, 2.05) is 33.2 Å². The Morgan fingerprint density at radius 3 is 2.70 bits per heavy atom. The van der Waals surface area contributed by atoms with Crippen LogP contribution in [-0.2, 0) is 11.3 Å². The van der Waals surface area contributed by atoms with Gasteiger partial charge in [0.1, 0.15) is 5.82 Å². The summed E-state index contributed by atoms with van der Waals surface area (Å²) in [4.78, 5) is 18.3. The van der Waals surface area contributed by atoms with Crippen LogP contribution < -0.4 is 11.1 Å². The zero-order valence-corrected chi connectivity index (χ0v) is 13.5. The molecule has 1 unspecified atom stereocenters. The van der Waals surface area contributed by atoms with E-state index in [4.69, 9.17) is 5.73 Å². The van der Waals surface area contributed by atoms with Gasteiger partial charge in [0.15, 0.2) is 0 Å². The molecule has 0 radical (unpaired) electrons. The molecule has 1 amide bonds. The van der Waals surface area contributed by atoms with Gasteiger partial charge in [0.25, 0.3) is 0 Å². The molecular weight excluding hydrogens is 276 g/mol. The van der Waals surface area contributed by atoms with Crippen LogP contribution in [0.15, 0.2) is 18.3 Å². The number of carbonyl (C=O) groups excluding carboxylic acids is 1. The Kier molecular flexibility index (Phi) is 7.71. The second kappa shape index (κ2) is 8.19. The first-order chi connectivity index (χ1) is 8.85. The van der Waals surface area contributed by atoms with Gasteiger partial charge in [-0.3, -0.25) is 4.79 Å². The van der Waals surface area contributed by atoms with Gasteiger partial charge in [0, 0.05) is 12.7 Å². The number of rotatable bonds is 6. The maximum absolute atomic E-state index is 12.1. The van der Waals surface area contributed by atoms with E-state index in [1.165, 1.54) is 0 Å². The Balaban J connectivity index is 0.00000361. The van der Waals surface area contributed by atoms with E-state index in [1.54, 1.807) is 13.1 Å². The molecule has 20 heavy (non-hydrogen) atoms. The number of hydrogen-bond acceptors (Lipinski definition) is 4. The summed E-state index contributed by atoms with van der Waals surface area (Å²) in [5.74, 6) is 0.362. The highest BCUT2D eigenvalue weighted by Crippen LogP contribution is 2.13. The van der Waals surface area contributed by atoms with Crippen LogP contribution in [-0.4, -0.2) is 35.4 Å². The lowest BCUT2D eigenvalue weighted by molar-refractivity contribution is -0.120. The summed E-state index contributed by atoms with van der Waals surface area (Å²) in [5, 5.41) is 2.79. The molecule has 3 N–H and O–H groups in total. The lowest BCUT2D eigenvalue weighted by Crippen LogP contribution is -2.48. The summed E-state index contributed by atoms with van der Waals surface area (Å²) in [6.45, 7) is 4.56. The maximum Gasteiger partial charge on any atom is 0.245 e. The Labute approximate surface area is 127 Å². The minimum atomic E-state index is -0.853. The van der Waals surface area contributed by atoms with Crippen LogP contribution in [0, 0.1) is 0 Å². The highest BCUT2D eigenvalue weighted by atomic mass is 35.5. The van der Waals surface area contributed by atoms with Gasteiger partial charge in [0.2, 0.25) is 5.91 Å². The predicted molar refractivity (Wildman–Crippen MR) is 85.0 cm³/mol. The molecule has 0 aromatic carbocycles. The van der Waals surface area contributed by atoms with Crippen LogP contribution in [0.2, 0.25) is 0 Å². The minimum absolute atomic E-state index is 0. The first-order valence-electron chi connectivity index (χ1n) is 6.55. The van der Waals surface area contributed by atoms with Gasteiger partial charge in [-0.05, 0) is 45.1 Å². The second-order valence-electron chi connectivity index (χ2n) is 5.41. The zero-order chi connectivity index (χ0) is 14.5. The first kappa shape index (κ1) is 18.8. The van der Waals surface area contributed by atoms with E-state index >= 15 is 0 Å². The fraction of sp³-hybridized carbons (Fsp3) is 0.571. The highest BCUT2D eigenvalue weighted by Gasteiger charge is 2.27. The normalized spacial score (nSPS) is 13.5. The summed E-state index contributed by atoms with van der Waals surface area (Å²) in [6, 6.07) is 3.81. The average Bonchev–Trinajstić information content (AvgIpc) is 2.28. The number of nitrogens with one attached hydrogen (secondary N) is 1. The van der Waals surface area contributed by atoms with Crippen molar-refractivity contribution in [3.05, 3.63) is 23.9 Å².